The van der Waals surface area contributed by atoms with Crippen molar-refractivity contribution in [3.05, 3.63) is 28.8 Å². The van der Waals surface area contributed by atoms with Gasteiger partial charge in [-0.05, 0) is 48.8 Å². The Kier molecular flexibility index (Phi) is 4.82. The third-order valence-electron chi connectivity index (χ3n) is 4.42. The summed E-state index contributed by atoms with van der Waals surface area (Å²) in [7, 11) is 1.40. The highest BCUT2D eigenvalue weighted by Gasteiger charge is 2.32. The van der Waals surface area contributed by atoms with Crippen molar-refractivity contribution in [2.24, 2.45) is 11.3 Å². The first-order chi connectivity index (χ1) is 9.82. The number of esters is 1. The molecule has 3 nitrogen and oxygen atoms in total. The average molecular weight is 310 g/mol. The van der Waals surface area contributed by atoms with Crippen molar-refractivity contribution in [3.63, 3.8) is 0 Å². The molecule has 116 valence electrons. The Morgan fingerprint density at radius 1 is 1.43 bits per heavy atom. The molecular formula is C17H24ClNO2. The van der Waals surface area contributed by atoms with Crippen LogP contribution in [0.2, 0.25) is 5.02 Å². The van der Waals surface area contributed by atoms with E-state index in [1.807, 2.05) is 0 Å². The lowest BCUT2D eigenvalue weighted by molar-refractivity contribution is 0.0601. The zero-order valence-electron chi connectivity index (χ0n) is 13.2. The topological polar surface area (TPSA) is 38.3 Å². The number of hydrogen-bond acceptors (Lipinski definition) is 3. The van der Waals surface area contributed by atoms with Crippen molar-refractivity contribution >= 4 is 23.3 Å². The second-order valence-corrected chi connectivity index (χ2v) is 7.25. The summed E-state index contributed by atoms with van der Waals surface area (Å²) in [6, 6.07) is 5.60. The SMILES string of the molecule is COC(=O)c1ccc(Cl)cc1NC1CCC(C)(C)CC1C. The van der Waals surface area contributed by atoms with E-state index in [2.05, 4.69) is 26.1 Å². The maximum Gasteiger partial charge on any atom is 0.339 e. The molecule has 0 heterocycles. The van der Waals surface area contributed by atoms with Gasteiger partial charge in [0.1, 0.15) is 0 Å². The molecule has 0 radical (unpaired) electrons. The zero-order valence-corrected chi connectivity index (χ0v) is 14.0. The lowest BCUT2D eigenvalue weighted by Crippen LogP contribution is -2.37. The molecule has 2 unspecified atom stereocenters. The minimum Gasteiger partial charge on any atom is -0.465 e. The normalized spacial score (nSPS) is 24.4. The number of methoxy groups -OCH3 is 1. The molecule has 1 saturated carbocycles. The summed E-state index contributed by atoms with van der Waals surface area (Å²) in [5.41, 5.74) is 1.71. The molecule has 21 heavy (non-hydrogen) atoms. The quantitative estimate of drug-likeness (QED) is 0.819. The number of carbonyl (C=O) groups is 1. The molecule has 1 aliphatic rings. The van der Waals surface area contributed by atoms with Gasteiger partial charge in [-0.1, -0.05) is 32.4 Å². The molecule has 1 aromatic rings. The largest absolute Gasteiger partial charge is 0.465 e. The molecule has 4 heteroatoms. The molecule has 1 aromatic carbocycles. The fraction of sp³-hybridized carbons (Fsp3) is 0.588. The molecule has 2 rings (SSSR count). The van der Waals surface area contributed by atoms with Gasteiger partial charge in [-0.2, -0.15) is 0 Å². The van der Waals surface area contributed by atoms with E-state index >= 15 is 0 Å². The van der Waals surface area contributed by atoms with E-state index in [0.717, 1.165) is 12.1 Å². The highest BCUT2D eigenvalue weighted by atomic mass is 35.5. The van der Waals surface area contributed by atoms with Gasteiger partial charge in [0.15, 0.2) is 0 Å². The van der Waals surface area contributed by atoms with Crippen molar-refractivity contribution in [1.29, 1.82) is 0 Å². The molecule has 2 atom stereocenters. The molecular weight excluding hydrogens is 286 g/mol. The molecule has 0 saturated heterocycles. The van der Waals surface area contributed by atoms with E-state index in [4.69, 9.17) is 16.3 Å². The second-order valence-electron chi connectivity index (χ2n) is 6.82. The van der Waals surface area contributed by atoms with Crippen LogP contribution in [0.4, 0.5) is 5.69 Å². The van der Waals surface area contributed by atoms with Crippen LogP contribution in [0.15, 0.2) is 18.2 Å². The summed E-state index contributed by atoms with van der Waals surface area (Å²) in [5.74, 6) is 0.219. The highest BCUT2D eigenvalue weighted by Crippen LogP contribution is 2.40. The molecule has 0 amide bonds. The summed E-state index contributed by atoms with van der Waals surface area (Å²) < 4.78 is 4.84. The Labute approximate surface area is 132 Å². The third-order valence-corrected chi connectivity index (χ3v) is 4.66. The van der Waals surface area contributed by atoms with Crippen molar-refractivity contribution < 1.29 is 9.53 Å². The van der Waals surface area contributed by atoms with Gasteiger partial charge in [0.05, 0.1) is 18.4 Å². The fourth-order valence-corrected chi connectivity index (χ4v) is 3.46. The van der Waals surface area contributed by atoms with Gasteiger partial charge in [0, 0.05) is 11.1 Å². The molecule has 0 aliphatic heterocycles. The number of anilines is 1. The number of hydrogen-bond donors (Lipinski definition) is 1. The van der Waals surface area contributed by atoms with Crippen LogP contribution in [0.1, 0.15) is 50.4 Å². The van der Waals surface area contributed by atoms with Gasteiger partial charge in [0.25, 0.3) is 0 Å². The smallest absolute Gasteiger partial charge is 0.339 e. The van der Waals surface area contributed by atoms with Crippen LogP contribution < -0.4 is 5.32 Å². The third kappa shape index (κ3) is 3.91. The fourth-order valence-electron chi connectivity index (χ4n) is 3.28. The number of halogens is 1. The predicted octanol–water partition coefficient (Wildman–Crippen LogP) is 4.75. The first kappa shape index (κ1) is 16.2. The van der Waals surface area contributed by atoms with Gasteiger partial charge < -0.3 is 10.1 Å². The Hall–Kier alpha value is -1.22. The van der Waals surface area contributed by atoms with Crippen LogP contribution in [0.25, 0.3) is 0 Å². The number of benzene rings is 1. The van der Waals surface area contributed by atoms with E-state index < -0.39 is 0 Å². The van der Waals surface area contributed by atoms with Crippen molar-refractivity contribution in [2.45, 2.75) is 46.1 Å². The molecule has 1 fully saturated rings. The van der Waals surface area contributed by atoms with Crippen LogP contribution in [0.5, 0.6) is 0 Å². The molecule has 1 aliphatic carbocycles. The number of rotatable bonds is 3. The van der Waals surface area contributed by atoms with E-state index in [0.29, 0.717) is 28.0 Å². The van der Waals surface area contributed by atoms with Gasteiger partial charge in [-0.15, -0.1) is 0 Å². The van der Waals surface area contributed by atoms with Crippen molar-refractivity contribution in [1.82, 2.24) is 0 Å². The van der Waals surface area contributed by atoms with Gasteiger partial charge >= 0.3 is 5.97 Å². The molecule has 0 spiro atoms. The summed E-state index contributed by atoms with van der Waals surface area (Å²) in [5, 5.41) is 4.13. The maximum absolute atomic E-state index is 11.9. The minimum atomic E-state index is -0.335. The number of carbonyl (C=O) groups excluding carboxylic acids is 1. The Balaban J connectivity index is 2.19. The molecule has 0 aromatic heterocycles. The lowest BCUT2D eigenvalue weighted by atomic mass is 9.70. The maximum atomic E-state index is 11.9. The monoisotopic (exact) mass is 309 g/mol. The average Bonchev–Trinajstić information content (AvgIpc) is 2.41. The summed E-state index contributed by atoms with van der Waals surface area (Å²) in [6.07, 6.45) is 3.46. The van der Waals surface area contributed by atoms with Crippen molar-refractivity contribution in [2.75, 3.05) is 12.4 Å². The summed E-state index contributed by atoms with van der Waals surface area (Å²) in [4.78, 5) is 11.9. The van der Waals surface area contributed by atoms with Crippen LogP contribution in [0, 0.1) is 11.3 Å². The standard InChI is InChI=1S/C17H24ClNO2/c1-11-10-17(2,3)8-7-14(11)19-15-9-12(18)5-6-13(15)16(20)21-4/h5-6,9,11,14,19H,7-8,10H2,1-4H3. The van der Waals surface area contributed by atoms with E-state index in [-0.39, 0.29) is 5.97 Å². The summed E-state index contributed by atoms with van der Waals surface area (Å²) >= 11 is 6.07. The Morgan fingerprint density at radius 2 is 2.14 bits per heavy atom. The number of nitrogens with one attached hydrogen (secondary N) is 1. The van der Waals surface area contributed by atoms with Gasteiger partial charge in [-0.3, -0.25) is 0 Å². The van der Waals surface area contributed by atoms with Crippen LogP contribution in [0.3, 0.4) is 0 Å². The number of ether oxygens (including phenoxy) is 1. The Morgan fingerprint density at radius 3 is 2.76 bits per heavy atom. The van der Waals surface area contributed by atoms with Gasteiger partial charge in [0.2, 0.25) is 0 Å². The van der Waals surface area contributed by atoms with E-state index in [1.165, 1.54) is 20.0 Å². The summed E-state index contributed by atoms with van der Waals surface area (Å²) in [6.45, 7) is 6.90. The molecule has 1 N–H and O–H groups in total. The van der Waals surface area contributed by atoms with Crippen LogP contribution >= 0.6 is 11.6 Å². The first-order valence-electron chi connectivity index (χ1n) is 7.47. The Bertz CT molecular complexity index is 528. The predicted molar refractivity (Wildman–Crippen MR) is 87.0 cm³/mol. The zero-order chi connectivity index (χ0) is 15.6. The van der Waals surface area contributed by atoms with Gasteiger partial charge in [-0.25, -0.2) is 4.79 Å². The van der Waals surface area contributed by atoms with Crippen LogP contribution in [-0.4, -0.2) is 19.1 Å². The van der Waals surface area contributed by atoms with Crippen LogP contribution in [-0.2, 0) is 4.74 Å². The minimum absolute atomic E-state index is 0.335. The van der Waals surface area contributed by atoms with E-state index in [1.54, 1.807) is 18.2 Å². The van der Waals surface area contributed by atoms with Crippen molar-refractivity contribution in [3.8, 4) is 0 Å². The second kappa shape index (κ2) is 6.27. The lowest BCUT2D eigenvalue weighted by Gasteiger charge is -2.40. The van der Waals surface area contributed by atoms with E-state index in [9.17, 15) is 4.79 Å². The first-order valence-corrected chi connectivity index (χ1v) is 7.84. The highest BCUT2D eigenvalue weighted by molar-refractivity contribution is 6.31. The molecule has 0 bridgehead atoms.